The summed E-state index contributed by atoms with van der Waals surface area (Å²) in [4.78, 5) is 0.972. The summed E-state index contributed by atoms with van der Waals surface area (Å²) in [5.74, 6) is 0. The molecule has 2 nitrogen and oxygen atoms in total. The molecule has 0 atom stereocenters. The molecule has 0 radical (unpaired) electrons. The van der Waals surface area contributed by atoms with Crippen LogP contribution in [0.2, 0.25) is 0 Å². The zero-order chi connectivity index (χ0) is 13.9. The van der Waals surface area contributed by atoms with Crippen LogP contribution in [0.15, 0.2) is 40.8 Å². The molecule has 0 spiro atoms. The van der Waals surface area contributed by atoms with Gasteiger partial charge in [-0.15, -0.1) is 11.3 Å². The molecule has 0 fully saturated rings. The Morgan fingerprint density at radius 3 is 2.68 bits per heavy atom. The molecule has 1 aromatic heterocycles. The molecule has 0 aliphatic rings. The molecule has 0 saturated heterocycles. The van der Waals surface area contributed by atoms with Crippen LogP contribution in [0.4, 0.5) is 18.9 Å². The maximum absolute atomic E-state index is 12.5. The van der Waals surface area contributed by atoms with Crippen LogP contribution in [0.3, 0.4) is 0 Å². The lowest BCUT2D eigenvalue weighted by Crippen LogP contribution is -2.05. The number of aryl methyl sites for hydroxylation is 1. The average molecular weight is 284 g/mol. The first-order chi connectivity index (χ1) is 8.97. The summed E-state index contributed by atoms with van der Waals surface area (Å²) in [6, 6.07) is 6.89. The zero-order valence-corrected chi connectivity index (χ0v) is 10.8. The molecule has 2 aromatic rings. The van der Waals surface area contributed by atoms with Crippen molar-refractivity contribution in [3.05, 3.63) is 51.7 Å². The van der Waals surface area contributed by atoms with Gasteiger partial charge in [0.25, 0.3) is 0 Å². The van der Waals surface area contributed by atoms with E-state index in [0.717, 1.165) is 22.6 Å². The van der Waals surface area contributed by atoms with E-state index in [1.807, 2.05) is 18.4 Å². The normalized spacial score (nSPS) is 12.0. The third-order valence-corrected chi connectivity index (χ3v) is 3.42. The lowest BCUT2D eigenvalue weighted by atomic mass is 10.2. The fourth-order valence-electron chi connectivity index (χ4n) is 1.45. The van der Waals surface area contributed by atoms with Gasteiger partial charge in [0.1, 0.15) is 0 Å². The summed E-state index contributed by atoms with van der Waals surface area (Å²) in [5, 5.41) is 5.87. The van der Waals surface area contributed by atoms with Gasteiger partial charge in [0, 0.05) is 4.88 Å². The van der Waals surface area contributed by atoms with E-state index < -0.39 is 11.7 Å². The van der Waals surface area contributed by atoms with Gasteiger partial charge >= 0.3 is 6.18 Å². The van der Waals surface area contributed by atoms with E-state index in [2.05, 4.69) is 10.5 Å². The Labute approximate surface area is 112 Å². The van der Waals surface area contributed by atoms with Gasteiger partial charge in [0.2, 0.25) is 0 Å². The molecular formula is C13H11F3N2S. The molecule has 1 heterocycles. The Morgan fingerprint density at radius 2 is 2.05 bits per heavy atom. The largest absolute Gasteiger partial charge is 0.416 e. The number of hydrogen-bond donors (Lipinski definition) is 1. The Kier molecular flexibility index (Phi) is 3.90. The molecule has 0 unspecified atom stereocenters. The van der Waals surface area contributed by atoms with Crippen LogP contribution in [0.1, 0.15) is 16.0 Å². The molecule has 19 heavy (non-hydrogen) atoms. The Bertz CT molecular complexity index is 588. The minimum absolute atomic E-state index is 0.306. The number of hydrogen-bond acceptors (Lipinski definition) is 3. The summed E-state index contributed by atoms with van der Waals surface area (Å²) >= 11 is 1.52. The van der Waals surface area contributed by atoms with Crippen molar-refractivity contribution in [1.82, 2.24) is 0 Å². The Hall–Kier alpha value is -1.82. The maximum atomic E-state index is 12.5. The quantitative estimate of drug-likeness (QED) is 0.650. The highest BCUT2D eigenvalue weighted by Crippen LogP contribution is 2.30. The molecule has 1 aromatic carbocycles. The number of thiophene rings is 1. The molecule has 2 rings (SSSR count). The van der Waals surface area contributed by atoms with Gasteiger partial charge < -0.3 is 0 Å². The molecule has 6 heteroatoms. The van der Waals surface area contributed by atoms with Crippen molar-refractivity contribution in [2.75, 3.05) is 5.43 Å². The first-order valence-electron chi connectivity index (χ1n) is 5.47. The number of halogens is 3. The van der Waals surface area contributed by atoms with Crippen molar-refractivity contribution >= 4 is 23.2 Å². The van der Waals surface area contributed by atoms with E-state index >= 15 is 0 Å². The minimum Gasteiger partial charge on any atom is -0.278 e. The number of benzene rings is 1. The second-order valence-corrected chi connectivity index (χ2v) is 4.86. The molecule has 0 aliphatic carbocycles. The van der Waals surface area contributed by atoms with E-state index in [0.29, 0.717) is 5.69 Å². The number of alkyl halides is 3. The van der Waals surface area contributed by atoms with Gasteiger partial charge in [-0.1, -0.05) is 6.07 Å². The standard InChI is InChI=1S/C13H11F3N2S/c1-9-5-6-19-12(9)8-17-18-11-4-2-3-10(7-11)13(14,15)16/h2-8,18H,1H3. The highest BCUT2D eigenvalue weighted by molar-refractivity contribution is 7.11. The van der Waals surface area contributed by atoms with Crippen molar-refractivity contribution in [2.24, 2.45) is 5.10 Å². The van der Waals surface area contributed by atoms with Crippen molar-refractivity contribution in [3.63, 3.8) is 0 Å². The third-order valence-electron chi connectivity index (χ3n) is 2.47. The van der Waals surface area contributed by atoms with Crippen molar-refractivity contribution in [1.29, 1.82) is 0 Å². The highest BCUT2D eigenvalue weighted by atomic mass is 32.1. The third kappa shape index (κ3) is 3.57. The van der Waals surface area contributed by atoms with E-state index in [1.165, 1.54) is 23.5 Å². The van der Waals surface area contributed by atoms with Gasteiger partial charge in [0.15, 0.2) is 0 Å². The predicted octanol–water partition coefficient (Wildman–Crippen LogP) is 4.52. The second-order valence-electron chi connectivity index (χ2n) is 3.92. The first-order valence-corrected chi connectivity index (χ1v) is 6.35. The number of nitrogens with one attached hydrogen (secondary N) is 1. The van der Waals surface area contributed by atoms with Crippen LogP contribution < -0.4 is 5.43 Å². The van der Waals surface area contributed by atoms with Crippen LogP contribution in [0.5, 0.6) is 0 Å². The molecule has 0 saturated carbocycles. The Morgan fingerprint density at radius 1 is 1.26 bits per heavy atom. The number of rotatable bonds is 3. The van der Waals surface area contributed by atoms with E-state index in [9.17, 15) is 13.2 Å². The monoisotopic (exact) mass is 284 g/mol. The Balaban J connectivity index is 2.08. The topological polar surface area (TPSA) is 24.4 Å². The van der Waals surface area contributed by atoms with Crippen molar-refractivity contribution in [2.45, 2.75) is 13.1 Å². The summed E-state index contributed by atoms with van der Waals surface area (Å²) < 4.78 is 37.5. The maximum Gasteiger partial charge on any atom is 0.416 e. The molecule has 100 valence electrons. The van der Waals surface area contributed by atoms with Gasteiger partial charge in [-0.25, -0.2) is 0 Å². The van der Waals surface area contributed by atoms with Crippen molar-refractivity contribution < 1.29 is 13.2 Å². The summed E-state index contributed by atoms with van der Waals surface area (Å²) in [7, 11) is 0. The highest BCUT2D eigenvalue weighted by Gasteiger charge is 2.30. The van der Waals surface area contributed by atoms with Crippen LogP contribution in [0, 0.1) is 6.92 Å². The smallest absolute Gasteiger partial charge is 0.278 e. The predicted molar refractivity (Wildman–Crippen MR) is 71.7 cm³/mol. The average Bonchev–Trinajstić information content (AvgIpc) is 2.75. The van der Waals surface area contributed by atoms with E-state index in [4.69, 9.17) is 0 Å². The lowest BCUT2D eigenvalue weighted by Gasteiger charge is -2.07. The first kappa shape index (κ1) is 13.6. The van der Waals surface area contributed by atoms with Crippen LogP contribution in [-0.4, -0.2) is 6.21 Å². The molecule has 0 aliphatic heterocycles. The molecule has 0 bridgehead atoms. The zero-order valence-electron chi connectivity index (χ0n) is 10.0. The summed E-state index contributed by atoms with van der Waals surface area (Å²) in [5.41, 5.74) is 3.29. The fraction of sp³-hybridized carbons (Fsp3) is 0.154. The molecular weight excluding hydrogens is 273 g/mol. The van der Waals surface area contributed by atoms with Gasteiger partial charge in [-0.2, -0.15) is 18.3 Å². The van der Waals surface area contributed by atoms with Crippen LogP contribution in [0.25, 0.3) is 0 Å². The van der Waals surface area contributed by atoms with Gasteiger partial charge in [0.05, 0.1) is 17.5 Å². The SMILES string of the molecule is Cc1ccsc1C=NNc1cccc(C(F)(F)F)c1. The number of hydrazone groups is 1. The van der Waals surface area contributed by atoms with E-state index in [1.54, 1.807) is 6.21 Å². The summed E-state index contributed by atoms with van der Waals surface area (Å²) in [6.07, 6.45) is -2.74. The second kappa shape index (κ2) is 5.44. The van der Waals surface area contributed by atoms with Crippen LogP contribution >= 0.6 is 11.3 Å². The van der Waals surface area contributed by atoms with Crippen LogP contribution in [-0.2, 0) is 6.18 Å². The van der Waals surface area contributed by atoms with E-state index in [-0.39, 0.29) is 0 Å². The lowest BCUT2D eigenvalue weighted by molar-refractivity contribution is -0.137. The summed E-state index contributed by atoms with van der Waals surface area (Å²) in [6.45, 7) is 1.95. The number of nitrogens with zero attached hydrogens (tertiary/aromatic N) is 1. The molecule has 0 amide bonds. The van der Waals surface area contributed by atoms with Crippen molar-refractivity contribution in [3.8, 4) is 0 Å². The minimum atomic E-state index is -4.34. The van der Waals surface area contributed by atoms with Gasteiger partial charge in [-0.05, 0) is 42.1 Å². The number of anilines is 1. The van der Waals surface area contributed by atoms with Gasteiger partial charge in [-0.3, -0.25) is 5.43 Å². The fourth-order valence-corrected chi connectivity index (χ4v) is 2.23. The molecule has 1 N–H and O–H groups in total.